The summed E-state index contributed by atoms with van der Waals surface area (Å²) in [6.07, 6.45) is 1.27. The molecule has 0 bridgehead atoms. The van der Waals surface area contributed by atoms with E-state index in [4.69, 9.17) is 4.74 Å². The number of rotatable bonds is 3. The minimum Gasteiger partial charge on any atom is -0.497 e. The fourth-order valence-corrected chi connectivity index (χ4v) is 2.72. The van der Waals surface area contributed by atoms with E-state index in [-0.39, 0.29) is 0 Å². The number of hydrogen-bond donors (Lipinski definition) is 1. The molecule has 2 rings (SSSR count). The highest BCUT2D eigenvalue weighted by Crippen LogP contribution is 2.22. The van der Waals surface area contributed by atoms with Crippen LogP contribution in [0.4, 0.5) is 5.69 Å². The van der Waals surface area contributed by atoms with E-state index in [0.29, 0.717) is 6.04 Å². The van der Waals surface area contributed by atoms with Crippen molar-refractivity contribution in [2.75, 3.05) is 23.9 Å². The van der Waals surface area contributed by atoms with Crippen LogP contribution >= 0.6 is 11.8 Å². The van der Waals surface area contributed by atoms with Gasteiger partial charge >= 0.3 is 0 Å². The zero-order valence-electron chi connectivity index (χ0n) is 8.32. The summed E-state index contributed by atoms with van der Waals surface area (Å²) in [6, 6.07) is 8.77. The van der Waals surface area contributed by atoms with Gasteiger partial charge in [-0.1, -0.05) is 0 Å². The topological polar surface area (TPSA) is 21.3 Å². The maximum Gasteiger partial charge on any atom is 0.119 e. The molecule has 0 aliphatic carbocycles. The fraction of sp³-hybridized carbons (Fsp3) is 0.455. The average molecular weight is 209 g/mol. The molecule has 0 amide bonds. The summed E-state index contributed by atoms with van der Waals surface area (Å²) in [5.74, 6) is 3.43. The Labute approximate surface area is 89.0 Å². The molecule has 76 valence electrons. The smallest absolute Gasteiger partial charge is 0.119 e. The number of hydrogen-bond acceptors (Lipinski definition) is 3. The molecule has 1 heterocycles. The number of thioether (sulfide) groups is 1. The first-order chi connectivity index (χ1) is 6.88. The first-order valence-corrected chi connectivity index (χ1v) is 6.02. The molecule has 1 aliphatic heterocycles. The summed E-state index contributed by atoms with van der Waals surface area (Å²) in [5, 5.41) is 3.52. The van der Waals surface area contributed by atoms with E-state index in [1.54, 1.807) is 7.11 Å². The second kappa shape index (κ2) is 4.60. The number of ether oxygens (including phenoxy) is 1. The Kier molecular flexibility index (Phi) is 3.19. The summed E-state index contributed by atoms with van der Waals surface area (Å²) < 4.78 is 5.11. The summed E-state index contributed by atoms with van der Waals surface area (Å²) in [6.45, 7) is 0. The molecule has 1 aromatic carbocycles. The summed E-state index contributed by atoms with van der Waals surface area (Å²) in [4.78, 5) is 0. The summed E-state index contributed by atoms with van der Waals surface area (Å²) in [5.41, 5.74) is 1.19. The molecule has 14 heavy (non-hydrogen) atoms. The normalized spacial score (nSPS) is 20.8. The highest BCUT2D eigenvalue weighted by molar-refractivity contribution is 7.99. The molecule has 1 aliphatic rings. The van der Waals surface area contributed by atoms with Gasteiger partial charge in [0.05, 0.1) is 7.11 Å². The van der Waals surface area contributed by atoms with E-state index in [0.717, 1.165) is 5.75 Å². The largest absolute Gasteiger partial charge is 0.497 e. The van der Waals surface area contributed by atoms with Crippen molar-refractivity contribution in [2.24, 2.45) is 0 Å². The molecule has 1 saturated heterocycles. The molecular formula is C11H15NOS. The lowest BCUT2D eigenvalue weighted by Crippen LogP contribution is -2.17. The molecule has 1 fully saturated rings. The van der Waals surface area contributed by atoms with Crippen LogP contribution in [-0.2, 0) is 0 Å². The van der Waals surface area contributed by atoms with Gasteiger partial charge in [-0.05, 0) is 36.4 Å². The van der Waals surface area contributed by atoms with Crippen molar-refractivity contribution in [1.29, 1.82) is 0 Å². The van der Waals surface area contributed by atoms with Gasteiger partial charge in [0.2, 0.25) is 0 Å². The average Bonchev–Trinajstić information content (AvgIpc) is 2.72. The van der Waals surface area contributed by atoms with Crippen LogP contribution in [0.5, 0.6) is 5.75 Å². The third-order valence-corrected chi connectivity index (χ3v) is 3.55. The lowest BCUT2D eigenvalue weighted by molar-refractivity contribution is 0.415. The van der Waals surface area contributed by atoms with E-state index in [2.05, 4.69) is 17.4 Å². The standard InChI is InChI=1S/C11H15NOS/c1-13-11-4-2-9(3-5-11)12-10-6-7-14-8-10/h2-5,10,12H,6-8H2,1H3. The van der Waals surface area contributed by atoms with Gasteiger partial charge < -0.3 is 10.1 Å². The van der Waals surface area contributed by atoms with Gasteiger partial charge in [-0.3, -0.25) is 0 Å². The molecular weight excluding hydrogens is 194 g/mol. The molecule has 1 atom stereocenters. The van der Waals surface area contributed by atoms with E-state index in [1.165, 1.54) is 23.6 Å². The maximum absolute atomic E-state index is 5.11. The molecule has 2 nitrogen and oxygen atoms in total. The lowest BCUT2D eigenvalue weighted by Gasteiger charge is -2.12. The van der Waals surface area contributed by atoms with Crippen molar-refractivity contribution >= 4 is 17.4 Å². The Morgan fingerprint density at radius 2 is 2.14 bits per heavy atom. The minimum atomic E-state index is 0.647. The monoisotopic (exact) mass is 209 g/mol. The summed E-state index contributed by atoms with van der Waals surface area (Å²) >= 11 is 2.02. The quantitative estimate of drug-likeness (QED) is 0.827. The second-order valence-electron chi connectivity index (χ2n) is 3.43. The fourth-order valence-electron chi connectivity index (χ4n) is 1.57. The maximum atomic E-state index is 5.11. The van der Waals surface area contributed by atoms with Gasteiger partial charge in [-0.15, -0.1) is 0 Å². The predicted octanol–water partition coefficient (Wildman–Crippen LogP) is 2.61. The third kappa shape index (κ3) is 2.35. The van der Waals surface area contributed by atoms with Gasteiger partial charge in [0, 0.05) is 17.5 Å². The Morgan fingerprint density at radius 3 is 2.71 bits per heavy atom. The summed E-state index contributed by atoms with van der Waals surface area (Å²) in [7, 11) is 1.69. The Hall–Kier alpha value is -0.830. The molecule has 0 saturated carbocycles. The van der Waals surface area contributed by atoms with Crippen LogP contribution < -0.4 is 10.1 Å². The van der Waals surface area contributed by atoms with Crippen molar-refractivity contribution < 1.29 is 4.74 Å². The Balaban J connectivity index is 1.95. The SMILES string of the molecule is COc1ccc(NC2CCSC2)cc1. The molecule has 1 N–H and O–H groups in total. The number of benzene rings is 1. The number of anilines is 1. The van der Waals surface area contributed by atoms with Gasteiger partial charge in [0.1, 0.15) is 5.75 Å². The zero-order chi connectivity index (χ0) is 9.80. The van der Waals surface area contributed by atoms with Crippen LogP contribution in [0, 0.1) is 0 Å². The van der Waals surface area contributed by atoms with Crippen molar-refractivity contribution in [3.8, 4) is 5.75 Å². The van der Waals surface area contributed by atoms with Gasteiger partial charge in [0.25, 0.3) is 0 Å². The van der Waals surface area contributed by atoms with Crippen LogP contribution in [0.3, 0.4) is 0 Å². The predicted molar refractivity (Wildman–Crippen MR) is 62.3 cm³/mol. The highest BCUT2D eigenvalue weighted by atomic mass is 32.2. The second-order valence-corrected chi connectivity index (χ2v) is 4.58. The molecule has 0 aromatic heterocycles. The highest BCUT2D eigenvalue weighted by Gasteiger charge is 2.14. The first kappa shape index (κ1) is 9.71. The minimum absolute atomic E-state index is 0.647. The van der Waals surface area contributed by atoms with Gasteiger partial charge in [-0.25, -0.2) is 0 Å². The van der Waals surface area contributed by atoms with E-state index >= 15 is 0 Å². The van der Waals surface area contributed by atoms with Crippen molar-refractivity contribution in [1.82, 2.24) is 0 Å². The van der Waals surface area contributed by atoms with Crippen molar-refractivity contribution in [2.45, 2.75) is 12.5 Å². The number of nitrogens with one attached hydrogen (secondary N) is 1. The van der Waals surface area contributed by atoms with Crippen LogP contribution in [-0.4, -0.2) is 24.7 Å². The zero-order valence-corrected chi connectivity index (χ0v) is 9.14. The first-order valence-electron chi connectivity index (χ1n) is 4.87. The Bertz CT molecular complexity index is 280. The van der Waals surface area contributed by atoms with Gasteiger partial charge in [0.15, 0.2) is 0 Å². The van der Waals surface area contributed by atoms with Crippen molar-refractivity contribution in [3.05, 3.63) is 24.3 Å². The third-order valence-electron chi connectivity index (χ3n) is 2.39. The molecule has 0 radical (unpaired) electrons. The molecule has 1 unspecified atom stereocenters. The van der Waals surface area contributed by atoms with Gasteiger partial charge in [-0.2, -0.15) is 11.8 Å². The van der Waals surface area contributed by atoms with Crippen LogP contribution in [0.1, 0.15) is 6.42 Å². The van der Waals surface area contributed by atoms with Crippen LogP contribution in [0.25, 0.3) is 0 Å². The lowest BCUT2D eigenvalue weighted by atomic mass is 10.2. The molecule has 1 aromatic rings. The number of methoxy groups -OCH3 is 1. The van der Waals surface area contributed by atoms with Crippen molar-refractivity contribution in [3.63, 3.8) is 0 Å². The molecule has 0 spiro atoms. The van der Waals surface area contributed by atoms with E-state index in [1.807, 2.05) is 23.9 Å². The van der Waals surface area contributed by atoms with E-state index < -0.39 is 0 Å². The molecule has 3 heteroatoms. The van der Waals surface area contributed by atoms with Crippen LogP contribution in [0.2, 0.25) is 0 Å². The van der Waals surface area contributed by atoms with Crippen LogP contribution in [0.15, 0.2) is 24.3 Å². The van der Waals surface area contributed by atoms with E-state index in [9.17, 15) is 0 Å². The Morgan fingerprint density at radius 1 is 1.36 bits per heavy atom.